The van der Waals surface area contributed by atoms with E-state index in [1.165, 1.54) is 0 Å². The van der Waals surface area contributed by atoms with Crippen LogP contribution in [-0.4, -0.2) is 26.9 Å². The lowest BCUT2D eigenvalue weighted by atomic mass is 10.2. The highest BCUT2D eigenvalue weighted by Crippen LogP contribution is 2.30. The molecule has 0 saturated carbocycles. The summed E-state index contributed by atoms with van der Waals surface area (Å²) in [6.07, 6.45) is 3.45. The van der Waals surface area contributed by atoms with Crippen LogP contribution in [-0.2, 0) is 12.3 Å². The van der Waals surface area contributed by atoms with Gasteiger partial charge in [0.25, 0.3) is 0 Å². The molecule has 0 aliphatic carbocycles. The summed E-state index contributed by atoms with van der Waals surface area (Å²) in [4.78, 5) is 4.75. The Morgan fingerprint density at radius 1 is 1.29 bits per heavy atom. The number of thioether (sulfide) groups is 1. The molecule has 8 heteroatoms. The quantitative estimate of drug-likeness (QED) is 0.296. The highest BCUT2D eigenvalue weighted by molar-refractivity contribution is 7.98. The number of methoxy groups -OCH3 is 1. The van der Waals surface area contributed by atoms with Crippen LogP contribution in [0.2, 0.25) is 0 Å². The van der Waals surface area contributed by atoms with E-state index in [0.717, 1.165) is 27.2 Å². The predicted octanol–water partition coefficient (Wildman–Crippen LogP) is 5.15. The van der Waals surface area contributed by atoms with Crippen LogP contribution in [0.15, 0.2) is 70.3 Å². The molecule has 4 rings (SSSR count). The zero-order chi connectivity index (χ0) is 19.3. The van der Waals surface area contributed by atoms with E-state index in [1.807, 2.05) is 47.0 Å². The number of hydrogen-bond donors (Lipinski definition) is 0. The van der Waals surface area contributed by atoms with Gasteiger partial charge in [0.1, 0.15) is 10.8 Å². The second kappa shape index (κ2) is 8.45. The SMILES string of the molecule is C=CCn1c(SCc2csc(-c3cccc(OC)c3)n2)nnc1-c1ccco1. The van der Waals surface area contributed by atoms with Gasteiger partial charge in [0.05, 0.1) is 19.1 Å². The molecule has 0 bridgehead atoms. The van der Waals surface area contributed by atoms with Crippen LogP contribution >= 0.6 is 23.1 Å². The first kappa shape index (κ1) is 18.5. The van der Waals surface area contributed by atoms with Crippen molar-refractivity contribution in [3.05, 3.63) is 66.4 Å². The van der Waals surface area contributed by atoms with Gasteiger partial charge in [-0.1, -0.05) is 30.0 Å². The van der Waals surface area contributed by atoms with E-state index < -0.39 is 0 Å². The fourth-order valence-corrected chi connectivity index (χ4v) is 4.44. The molecule has 0 aliphatic rings. The van der Waals surface area contributed by atoms with Gasteiger partial charge < -0.3 is 9.15 Å². The molecule has 0 amide bonds. The van der Waals surface area contributed by atoms with Gasteiger partial charge in [-0.2, -0.15) is 0 Å². The third-order valence-electron chi connectivity index (χ3n) is 3.99. The van der Waals surface area contributed by atoms with Crippen molar-refractivity contribution < 1.29 is 9.15 Å². The molecule has 142 valence electrons. The van der Waals surface area contributed by atoms with Crippen molar-refractivity contribution in [2.24, 2.45) is 0 Å². The minimum atomic E-state index is 0.609. The number of ether oxygens (including phenoxy) is 1. The molecule has 0 N–H and O–H groups in total. The molecule has 0 unspecified atom stereocenters. The fourth-order valence-electron chi connectivity index (χ4n) is 2.68. The summed E-state index contributed by atoms with van der Waals surface area (Å²) in [5.74, 6) is 2.91. The van der Waals surface area contributed by atoms with Gasteiger partial charge in [-0.3, -0.25) is 4.57 Å². The Morgan fingerprint density at radius 3 is 3.00 bits per heavy atom. The first-order valence-electron chi connectivity index (χ1n) is 8.58. The van der Waals surface area contributed by atoms with Crippen molar-refractivity contribution in [1.29, 1.82) is 0 Å². The molecule has 0 saturated heterocycles. The number of rotatable bonds is 8. The fraction of sp³-hybridized carbons (Fsp3) is 0.150. The largest absolute Gasteiger partial charge is 0.497 e. The van der Waals surface area contributed by atoms with Crippen molar-refractivity contribution in [3.8, 4) is 27.9 Å². The smallest absolute Gasteiger partial charge is 0.200 e. The standard InChI is InChI=1S/C20H18N4O2S2/c1-3-9-24-18(17-8-5-10-26-17)22-23-20(24)28-13-15-12-27-19(21-15)14-6-4-7-16(11-14)25-2/h3-8,10-12H,1,9,13H2,2H3. The Labute approximate surface area is 170 Å². The predicted molar refractivity (Wildman–Crippen MR) is 112 cm³/mol. The maximum Gasteiger partial charge on any atom is 0.200 e. The van der Waals surface area contributed by atoms with E-state index in [4.69, 9.17) is 14.1 Å². The Morgan fingerprint density at radius 2 is 2.21 bits per heavy atom. The van der Waals surface area contributed by atoms with Crippen molar-refractivity contribution >= 4 is 23.1 Å². The minimum absolute atomic E-state index is 0.609. The van der Waals surface area contributed by atoms with E-state index in [0.29, 0.717) is 23.9 Å². The number of aromatic nitrogens is 4. The molecule has 0 atom stereocenters. The highest BCUT2D eigenvalue weighted by atomic mass is 32.2. The van der Waals surface area contributed by atoms with Crippen LogP contribution in [0.4, 0.5) is 0 Å². The maximum absolute atomic E-state index is 5.47. The number of hydrogen-bond acceptors (Lipinski definition) is 7. The molecule has 6 nitrogen and oxygen atoms in total. The van der Waals surface area contributed by atoms with Gasteiger partial charge in [0, 0.05) is 23.2 Å². The monoisotopic (exact) mass is 410 g/mol. The second-order valence-electron chi connectivity index (χ2n) is 5.85. The number of benzene rings is 1. The van der Waals surface area contributed by atoms with Crippen molar-refractivity contribution in [1.82, 2.24) is 19.7 Å². The number of allylic oxidation sites excluding steroid dienone is 1. The Balaban J connectivity index is 1.51. The van der Waals surface area contributed by atoms with E-state index >= 15 is 0 Å². The summed E-state index contributed by atoms with van der Waals surface area (Å²) in [7, 11) is 1.67. The average Bonchev–Trinajstić information content (AvgIpc) is 3.47. The van der Waals surface area contributed by atoms with Gasteiger partial charge in [-0.15, -0.1) is 28.1 Å². The molecule has 1 aromatic carbocycles. The van der Waals surface area contributed by atoms with Crippen molar-refractivity contribution in [3.63, 3.8) is 0 Å². The third-order valence-corrected chi connectivity index (χ3v) is 5.93. The molecule has 0 fully saturated rings. The average molecular weight is 411 g/mol. The minimum Gasteiger partial charge on any atom is -0.497 e. The van der Waals surface area contributed by atoms with E-state index in [-0.39, 0.29) is 0 Å². The molecular weight excluding hydrogens is 392 g/mol. The summed E-state index contributed by atoms with van der Waals surface area (Å²) >= 11 is 3.21. The molecule has 3 heterocycles. The molecule has 0 aliphatic heterocycles. The van der Waals surface area contributed by atoms with Crippen LogP contribution in [0, 0.1) is 0 Å². The second-order valence-corrected chi connectivity index (χ2v) is 7.65. The van der Waals surface area contributed by atoms with E-state index in [2.05, 4.69) is 22.2 Å². The molecular formula is C20H18N4O2S2. The maximum atomic E-state index is 5.47. The van der Waals surface area contributed by atoms with Crippen LogP contribution in [0.3, 0.4) is 0 Å². The first-order chi connectivity index (χ1) is 13.8. The summed E-state index contributed by atoms with van der Waals surface area (Å²) < 4.78 is 12.8. The van der Waals surface area contributed by atoms with Crippen LogP contribution in [0.1, 0.15) is 5.69 Å². The van der Waals surface area contributed by atoms with Crippen LogP contribution in [0.25, 0.3) is 22.2 Å². The summed E-state index contributed by atoms with van der Waals surface area (Å²) in [5, 5.41) is 12.5. The lowest BCUT2D eigenvalue weighted by molar-refractivity contribution is 0.415. The lowest BCUT2D eigenvalue weighted by Crippen LogP contribution is -2.00. The topological polar surface area (TPSA) is 66.0 Å². The molecule has 0 spiro atoms. The molecule has 28 heavy (non-hydrogen) atoms. The summed E-state index contributed by atoms with van der Waals surface area (Å²) in [6, 6.07) is 11.6. The zero-order valence-electron chi connectivity index (χ0n) is 15.2. The van der Waals surface area contributed by atoms with E-state index in [1.54, 1.807) is 36.5 Å². The molecule has 0 radical (unpaired) electrons. The number of thiazole rings is 1. The van der Waals surface area contributed by atoms with Crippen LogP contribution in [0.5, 0.6) is 5.75 Å². The Kier molecular flexibility index (Phi) is 5.59. The normalized spacial score (nSPS) is 10.9. The Bertz CT molecular complexity index is 1070. The van der Waals surface area contributed by atoms with Gasteiger partial charge in [0.15, 0.2) is 10.9 Å². The molecule has 4 aromatic rings. The van der Waals surface area contributed by atoms with Gasteiger partial charge in [0.2, 0.25) is 5.82 Å². The molecule has 3 aromatic heterocycles. The summed E-state index contributed by atoms with van der Waals surface area (Å²) in [5.41, 5.74) is 2.05. The first-order valence-corrected chi connectivity index (χ1v) is 10.4. The van der Waals surface area contributed by atoms with Crippen molar-refractivity contribution in [2.45, 2.75) is 17.5 Å². The van der Waals surface area contributed by atoms with Crippen molar-refractivity contribution in [2.75, 3.05) is 7.11 Å². The van der Waals surface area contributed by atoms with Gasteiger partial charge >= 0.3 is 0 Å². The zero-order valence-corrected chi connectivity index (χ0v) is 16.9. The summed E-state index contributed by atoms with van der Waals surface area (Å²) in [6.45, 7) is 4.44. The number of nitrogens with zero attached hydrogens (tertiary/aromatic N) is 4. The van der Waals surface area contributed by atoms with Crippen LogP contribution < -0.4 is 4.74 Å². The third kappa shape index (κ3) is 3.88. The lowest BCUT2D eigenvalue weighted by Gasteiger charge is -2.05. The van der Waals surface area contributed by atoms with E-state index in [9.17, 15) is 0 Å². The Hall–Kier alpha value is -2.84. The van der Waals surface area contributed by atoms with Gasteiger partial charge in [-0.25, -0.2) is 4.98 Å². The number of furan rings is 1. The highest BCUT2D eigenvalue weighted by Gasteiger charge is 2.16. The van der Waals surface area contributed by atoms with Gasteiger partial charge in [-0.05, 0) is 24.3 Å².